The van der Waals surface area contributed by atoms with Gasteiger partial charge in [-0.2, -0.15) is 0 Å². The lowest BCUT2D eigenvalue weighted by Gasteiger charge is -2.17. The molecule has 0 N–H and O–H groups in total. The Morgan fingerprint density at radius 2 is 1.20 bits per heavy atom. The highest BCUT2D eigenvalue weighted by atomic mass is 16.5. The average Bonchev–Trinajstić information content (AvgIpc) is 2.68. The van der Waals surface area contributed by atoms with Gasteiger partial charge in [-0.05, 0) is 71.0 Å². The first-order valence-electron chi connectivity index (χ1n) is 8.59. The van der Waals surface area contributed by atoms with E-state index in [2.05, 4.69) is 50.2 Å². The van der Waals surface area contributed by atoms with Crippen LogP contribution in [0.2, 0.25) is 0 Å². The monoisotopic (exact) mass is 332 g/mol. The van der Waals surface area contributed by atoms with E-state index in [1.54, 1.807) is 14.2 Å². The number of aryl methyl sites for hydroxylation is 1. The fourth-order valence-corrected chi connectivity index (χ4v) is 3.28. The summed E-state index contributed by atoms with van der Waals surface area (Å²) >= 11 is 0. The van der Waals surface area contributed by atoms with Crippen LogP contribution in [0.25, 0.3) is 22.3 Å². The van der Waals surface area contributed by atoms with Gasteiger partial charge in [-0.3, -0.25) is 0 Å². The molecule has 0 saturated carbocycles. The quantitative estimate of drug-likeness (QED) is 0.578. The number of hydrogen-bond acceptors (Lipinski definition) is 2. The van der Waals surface area contributed by atoms with Crippen LogP contribution in [0.15, 0.2) is 60.7 Å². The van der Waals surface area contributed by atoms with E-state index in [0.29, 0.717) is 0 Å². The van der Waals surface area contributed by atoms with E-state index < -0.39 is 0 Å². The van der Waals surface area contributed by atoms with E-state index in [9.17, 15) is 0 Å². The third-order valence-corrected chi connectivity index (χ3v) is 4.74. The number of methoxy groups -OCH3 is 2. The Bertz CT molecular complexity index is 847. The molecule has 0 unspecified atom stereocenters. The minimum Gasteiger partial charge on any atom is -0.497 e. The molecule has 0 aromatic heterocycles. The van der Waals surface area contributed by atoms with E-state index in [0.717, 1.165) is 17.9 Å². The Hall–Kier alpha value is -2.74. The van der Waals surface area contributed by atoms with Gasteiger partial charge < -0.3 is 9.47 Å². The number of benzene rings is 3. The van der Waals surface area contributed by atoms with Crippen LogP contribution in [0.1, 0.15) is 18.1 Å². The molecule has 3 rings (SSSR count). The zero-order valence-corrected chi connectivity index (χ0v) is 15.3. The van der Waals surface area contributed by atoms with E-state index in [4.69, 9.17) is 9.47 Å². The van der Waals surface area contributed by atoms with Crippen LogP contribution in [-0.4, -0.2) is 14.2 Å². The van der Waals surface area contributed by atoms with E-state index in [-0.39, 0.29) is 0 Å². The van der Waals surface area contributed by atoms with Crippen molar-refractivity contribution in [1.29, 1.82) is 0 Å². The van der Waals surface area contributed by atoms with Crippen molar-refractivity contribution < 1.29 is 9.47 Å². The lowest BCUT2D eigenvalue weighted by molar-refractivity contribution is 0.414. The summed E-state index contributed by atoms with van der Waals surface area (Å²) in [6, 6.07) is 21.0. The van der Waals surface area contributed by atoms with Crippen LogP contribution >= 0.6 is 0 Å². The lowest BCUT2D eigenvalue weighted by Crippen LogP contribution is -1.95. The summed E-state index contributed by atoms with van der Waals surface area (Å²) in [6.07, 6.45) is 1.03. The molecule has 0 spiro atoms. The second-order valence-electron chi connectivity index (χ2n) is 6.08. The summed E-state index contributed by atoms with van der Waals surface area (Å²) in [5.41, 5.74) is 7.63. The molecule has 0 bridgehead atoms. The van der Waals surface area contributed by atoms with Gasteiger partial charge in [0.25, 0.3) is 0 Å². The maximum atomic E-state index is 5.31. The summed E-state index contributed by atoms with van der Waals surface area (Å²) in [5.74, 6) is 1.75. The van der Waals surface area contributed by atoms with Crippen molar-refractivity contribution in [2.75, 3.05) is 14.2 Å². The molecule has 0 heterocycles. The molecule has 25 heavy (non-hydrogen) atoms. The predicted octanol–water partition coefficient (Wildman–Crippen LogP) is 5.91. The van der Waals surface area contributed by atoms with Crippen LogP contribution in [0.4, 0.5) is 0 Å². The summed E-state index contributed by atoms with van der Waals surface area (Å²) in [7, 11) is 3.39. The van der Waals surface area contributed by atoms with Gasteiger partial charge in [0.1, 0.15) is 11.5 Å². The highest BCUT2D eigenvalue weighted by Gasteiger charge is 2.13. The Morgan fingerprint density at radius 1 is 0.680 bits per heavy atom. The van der Waals surface area contributed by atoms with E-state index >= 15 is 0 Å². The fourth-order valence-electron chi connectivity index (χ4n) is 3.28. The SMILES string of the molecule is CCc1ccc(-c2ccc(OC)cc2)c(-c2ccc(OC)cc2)c1C. The van der Waals surface area contributed by atoms with Gasteiger partial charge in [-0.15, -0.1) is 0 Å². The number of hydrogen-bond donors (Lipinski definition) is 0. The molecule has 2 nitrogen and oxygen atoms in total. The van der Waals surface area contributed by atoms with Gasteiger partial charge >= 0.3 is 0 Å². The van der Waals surface area contributed by atoms with E-state index in [1.165, 1.54) is 33.4 Å². The van der Waals surface area contributed by atoms with Crippen molar-refractivity contribution in [3.05, 3.63) is 71.8 Å². The molecular weight excluding hydrogens is 308 g/mol. The molecule has 0 saturated heterocycles. The molecular formula is C23H24O2. The average molecular weight is 332 g/mol. The van der Waals surface area contributed by atoms with Crippen LogP contribution < -0.4 is 9.47 Å². The van der Waals surface area contributed by atoms with Gasteiger partial charge in [0.2, 0.25) is 0 Å². The molecule has 128 valence electrons. The Kier molecular flexibility index (Phi) is 5.08. The van der Waals surface area contributed by atoms with Crippen molar-refractivity contribution in [2.24, 2.45) is 0 Å². The van der Waals surface area contributed by atoms with Crippen molar-refractivity contribution in [3.8, 4) is 33.8 Å². The Morgan fingerprint density at radius 3 is 1.68 bits per heavy atom. The molecule has 0 aliphatic carbocycles. The molecule has 0 radical (unpaired) electrons. The zero-order chi connectivity index (χ0) is 17.8. The van der Waals surface area contributed by atoms with Crippen molar-refractivity contribution >= 4 is 0 Å². The molecule has 0 aliphatic rings. The first-order chi connectivity index (χ1) is 12.2. The second kappa shape index (κ2) is 7.43. The first-order valence-corrected chi connectivity index (χ1v) is 8.59. The molecule has 2 heteroatoms. The predicted molar refractivity (Wildman–Crippen MR) is 105 cm³/mol. The normalized spacial score (nSPS) is 10.6. The lowest BCUT2D eigenvalue weighted by atomic mass is 9.88. The van der Waals surface area contributed by atoms with Crippen molar-refractivity contribution in [1.82, 2.24) is 0 Å². The molecule has 3 aromatic carbocycles. The minimum atomic E-state index is 0.872. The molecule has 0 aliphatic heterocycles. The smallest absolute Gasteiger partial charge is 0.118 e. The summed E-state index contributed by atoms with van der Waals surface area (Å²) < 4.78 is 10.6. The maximum absolute atomic E-state index is 5.31. The number of rotatable bonds is 5. The topological polar surface area (TPSA) is 18.5 Å². The van der Waals surface area contributed by atoms with Crippen LogP contribution in [0, 0.1) is 6.92 Å². The van der Waals surface area contributed by atoms with Gasteiger partial charge in [-0.25, -0.2) is 0 Å². The maximum Gasteiger partial charge on any atom is 0.118 e. The van der Waals surface area contributed by atoms with Gasteiger partial charge in [-0.1, -0.05) is 43.3 Å². The van der Waals surface area contributed by atoms with E-state index in [1.807, 2.05) is 24.3 Å². The standard InChI is InChI=1S/C23H24O2/c1-5-17-10-15-22(18-6-11-20(24-3)12-7-18)23(16(17)2)19-8-13-21(25-4)14-9-19/h6-15H,5H2,1-4H3. The highest BCUT2D eigenvalue weighted by molar-refractivity contribution is 5.86. The largest absolute Gasteiger partial charge is 0.497 e. The van der Waals surface area contributed by atoms with Crippen LogP contribution in [0.5, 0.6) is 11.5 Å². The van der Waals surface area contributed by atoms with Crippen LogP contribution in [0.3, 0.4) is 0 Å². The van der Waals surface area contributed by atoms with Crippen molar-refractivity contribution in [2.45, 2.75) is 20.3 Å². The minimum absolute atomic E-state index is 0.872. The summed E-state index contributed by atoms with van der Waals surface area (Å²) in [5, 5.41) is 0. The van der Waals surface area contributed by atoms with Gasteiger partial charge in [0.15, 0.2) is 0 Å². The highest BCUT2D eigenvalue weighted by Crippen LogP contribution is 2.37. The first kappa shape index (κ1) is 17.1. The number of ether oxygens (including phenoxy) is 2. The second-order valence-corrected chi connectivity index (χ2v) is 6.08. The molecule has 3 aromatic rings. The van der Waals surface area contributed by atoms with Crippen LogP contribution in [-0.2, 0) is 6.42 Å². The van der Waals surface area contributed by atoms with Gasteiger partial charge in [0, 0.05) is 0 Å². The Labute approximate surface area is 150 Å². The molecule has 0 fully saturated rings. The molecule has 0 atom stereocenters. The third kappa shape index (κ3) is 3.39. The molecule has 0 amide bonds. The third-order valence-electron chi connectivity index (χ3n) is 4.74. The fraction of sp³-hybridized carbons (Fsp3) is 0.217. The zero-order valence-electron chi connectivity index (χ0n) is 15.3. The van der Waals surface area contributed by atoms with Gasteiger partial charge in [0.05, 0.1) is 14.2 Å². The van der Waals surface area contributed by atoms with Crippen molar-refractivity contribution in [3.63, 3.8) is 0 Å². The summed E-state index contributed by atoms with van der Waals surface area (Å²) in [4.78, 5) is 0. The summed E-state index contributed by atoms with van der Waals surface area (Å²) in [6.45, 7) is 4.42. The Balaban J connectivity index is 2.18.